The summed E-state index contributed by atoms with van der Waals surface area (Å²) >= 11 is 0. The van der Waals surface area contributed by atoms with Crippen molar-refractivity contribution in [2.45, 2.75) is 32.2 Å². The second-order valence-electron chi connectivity index (χ2n) is 2.36. The molecule has 0 aromatic rings. The van der Waals surface area contributed by atoms with Crippen molar-refractivity contribution in [1.29, 1.82) is 0 Å². The standard InChI is InChI=1S/C8H15NO/c1-3-7(2)8(9)5-4-6-10/h6,8H,2-5,9H2,1H3. The van der Waals surface area contributed by atoms with Crippen LogP contribution in [0.5, 0.6) is 0 Å². The number of carbonyl (C=O) groups excluding carboxylic acids is 1. The normalized spacial score (nSPS) is 12.6. The van der Waals surface area contributed by atoms with E-state index in [1.54, 1.807) is 0 Å². The highest BCUT2D eigenvalue weighted by Gasteiger charge is 2.03. The molecule has 0 aliphatic rings. The monoisotopic (exact) mass is 141 g/mol. The van der Waals surface area contributed by atoms with Gasteiger partial charge in [0.1, 0.15) is 6.29 Å². The maximum atomic E-state index is 9.94. The van der Waals surface area contributed by atoms with Gasteiger partial charge in [0.15, 0.2) is 0 Å². The first kappa shape index (κ1) is 9.37. The van der Waals surface area contributed by atoms with Crippen LogP contribution < -0.4 is 5.73 Å². The Bertz CT molecular complexity index is 120. The molecule has 0 saturated heterocycles. The lowest BCUT2D eigenvalue weighted by Gasteiger charge is -2.10. The molecule has 0 heterocycles. The van der Waals surface area contributed by atoms with E-state index in [4.69, 9.17) is 5.73 Å². The molecule has 0 rings (SSSR count). The predicted molar refractivity (Wildman–Crippen MR) is 42.7 cm³/mol. The number of carbonyl (C=O) groups is 1. The fraction of sp³-hybridized carbons (Fsp3) is 0.625. The average Bonchev–Trinajstić information content (AvgIpc) is 1.98. The summed E-state index contributed by atoms with van der Waals surface area (Å²) in [5, 5.41) is 0. The van der Waals surface area contributed by atoms with Gasteiger partial charge in [0.2, 0.25) is 0 Å². The Morgan fingerprint density at radius 1 is 1.80 bits per heavy atom. The molecule has 0 bridgehead atoms. The number of aldehydes is 1. The molecule has 0 aliphatic carbocycles. The molecule has 0 radical (unpaired) electrons. The Hall–Kier alpha value is -0.630. The van der Waals surface area contributed by atoms with Crippen molar-refractivity contribution in [3.05, 3.63) is 12.2 Å². The minimum atomic E-state index is 0.00944. The van der Waals surface area contributed by atoms with Crippen molar-refractivity contribution < 1.29 is 4.79 Å². The van der Waals surface area contributed by atoms with Crippen molar-refractivity contribution in [2.75, 3.05) is 0 Å². The molecule has 0 saturated carbocycles. The lowest BCUT2D eigenvalue weighted by Crippen LogP contribution is -2.21. The van der Waals surface area contributed by atoms with E-state index >= 15 is 0 Å². The van der Waals surface area contributed by atoms with Crippen LogP contribution in [0.4, 0.5) is 0 Å². The van der Waals surface area contributed by atoms with E-state index < -0.39 is 0 Å². The molecule has 0 fully saturated rings. The quantitative estimate of drug-likeness (QED) is 0.462. The second kappa shape index (κ2) is 5.18. The van der Waals surface area contributed by atoms with Gasteiger partial charge in [-0.2, -0.15) is 0 Å². The van der Waals surface area contributed by atoms with Gasteiger partial charge >= 0.3 is 0 Å². The lowest BCUT2D eigenvalue weighted by atomic mass is 10.0. The molecule has 0 aliphatic heterocycles. The third kappa shape index (κ3) is 3.41. The zero-order valence-corrected chi connectivity index (χ0v) is 6.47. The van der Waals surface area contributed by atoms with Crippen LogP contribution in [-0.4, -0.2) is 12.3 Å². The number of nitrogens with two attached hydrogens (primary N) is 1. The fourth-order valence-electron chi connectivity index (χ4n) is 0.714. The summed E-state index contributed by atoms with van der Waals surface area (Å²) in [5.41, 5.74) is 6.68. The number of hydrogen-bond acceptors (Lipinski definition) is 2. The van der Waals surface area contributed by atoms with Crippen LogP contribution in [0.2, 0.25) is 0 Å². The summed E-state index contributed by atoms with van der Waals surface area (Å²) in [6.07, 6.45) is 3.07. The maximum Gasteiger partial charge on any atom is 0.120 e. The Morgan fingerprint density at radius 3 is 2.80 bits per heavy atom. The number of hydrogen-bond donors (Lipinski definition) is 1. The van der Waals surface area contributed by atoms with Crippen LogP contribution >= 0.6 is 0 Å². The highest BCUT2D eigenvalue weighted by atomic mass is 16.1. The van der Waals surface area contributed by atoms with Gasteiger partial charge in [-0.25, -0.2) is 0 Å². The molecular formula is C8H15NO. The SMILES string of the molecule is C=C(CC)C(N)CCC=O. The van der Waals surface area contributed by atoms with E-state index in [1.807, 2.05) is 6.92 Å². The van der Waals surface area contributed by atoms with Crippen molar-refractivity contribution in [3.8, 4) is 0 Å². The molecule has 2 N–H and O–H groups in total. The Kier molecular flexibility index (Phi) is 4.85. The van der Waals surface area contributed by atoms with Gasteiger partial charge < -0.3 is 10.5 Å². The van der Waals surface area contributed by atoms with Crippen LogP contribution in [-0.2, 0) is 4.79 Å². The van der Waals surface area contributed by atoms with Gasteiger partial charge in [-0.05, 0) is 12.8 Å². The lowest BCUT2D eigenvalue weighted by molar-refractivity contribution is -0.107. The minimum Gasteiger partial charge on any atom is -0.324 e. The van der Waals surface area contributed by atoms with E-state index in [9.17, 15) is 4.79 Å². The average molecular weight is 141 g/mol. The molecule has 0 spiro atoms. The van der Waals surface area contributed by atoms with Crippen molar-refractivity contribution in [3.63, 3.8) is 0 Å². The fourth-order valence-corrected chi connectivity index (χ4v) is 0.714. The molecule has 2 heteroatoms. The molecule has 1 unspecified atom stereocenters. The van der Waals surface area contributed by atoms with Crippen molar-refractivity contribution in [2.24, 2.45) is 5.73 Å². The summed E-state index contributed by atoms with van der Waals surface area (Å²) in [6, 6.07) is 0.00944. The predicted octanol–water partition coefficient (Wildman–Crippen LogP) is 1.26. The van der Waals surface area contributed by atoms with Gasteiger partial charge in [-0.1, -0.05) is 19.1 Å². The highest BCUT2D eigenvalue weighted by molar-refractivity contribution is 5.49. The molecule has 10 heavy (non-hydrogen) atoms. The first-order valence-corrected chi connectivity index (χ1v) is 3.59. The minimum absolute atomic E-state index is 0.00944. The Balaban J connectivity index is 3.50. The first-order chi connectivity index (χ1) is 4.72. The smallest absolute Gasteiger partial charge is 0.120 e. The van der Waals surface area contributed by atoms with E-state index in [0.717, 1.165) is 24.7 Å². The van der Waals surface area contributed by atoms with Gasteiger partial charge in [0.05, 0.1) is 0 Å². The Labute approximate surface area is 62.1 Å². The van der Waals surface area contributed by atoms with Gasteiger partial charge in [0, 0.05) is 12.5 Å². The largest absolute Gasteiger partial charge is 0.324 e. The first-order valence-electron chi connectivity index (χ1n) is 3.59. The zero-order chi connectivity index (χ0) is 7.98. The maximum absolute atomic E-state index is 9.94. The zero-order valence-electron chi connectivity index (χ0n) is 6.47. The van der Waals surface area contributed by atoms with Crippen LogP contribution in [0.15, 0.2) is 12.2 Å². The summed E-state index contributed by atoms with van der Waals surface area (Å²) in [4.78, 5) is 9.94. The topological polar surface area (TPSA) is 43.1 Å². The molecule has 2 nitrogen and oxygen atoms in total. The third-order valence-electron chi connectivity index (χ3n) is 1.57. The van der Waals surface area contributed by atoms with Crippen molar-refractivity contribution >= 4 is 6.29 Å². The van der Waals surface area contributed by atoms with Crippen molar-refractivity contribution in [1.82, 2.24) is 0 Å². The molecule has 0 aromatic carbocycles. The van der Waals surface area contributed by atoms with Crippen LogP contribution in [0.25, 0.3) is 0 Å². The van der Waals surface area contributed by atoms with Gasteiger partial charge in [-0.3, -0.25) is 0 Å². The molecule has 58 valence electrons. The van der Waals surface area contributed by atoms with Crippen LogP contribution in [0.1, 0.15) is 26.2 Å². The summed E-state index contributed by atoms with van der Waals surface area (Å²) in [7, 11) is 0. The number of rotatable bonds is 5. The second-order valence-corrected chi connectivity index (χ2v) is 2.36. The summed E-state index contributed by atoms with van der Waals surface area (Å²) in [6.45, 7) is 5.80. The van der Waals surface area contributed by atoms with Gasteiger partial charge in [-0.15, -0.1) is 0 Å². The van der Waals surface area contributed by atoms with E-state index in [2.05, 4.69) is 6.58 Å². The van der Waals surface area contributed by atoms with Gasteiger partial charge in [0.25, 0.3) is 0 Å². The van der Waals surface area contributed by atoms with E-state index in [-0.39, 0.29) is 6.04 Å². The van der Waals surface area contributed by atoms with Crippen LogP contribution in [0.3, 0.4) is 0 Å². The van der Waals surface area contributed by atoms with E-state index in [1.165, 1.54) is 0 Å². The third-order valence-corrected chi connectivity index (χ3v) is 1.57. The highest BCUT2D eigenvalue weighted by Crippen LogP contribution is 2.06. The Morgan fingerprint density at radius 2 is 2.40 bits per heavy atom. The van der Waals surface area contributed by atoms with E-state index in [0.29, 0.717) is 6.42 Å². The molecule has 0 amide bonds. The molecule has 1 atom stereocenters. The summed E-state index contributed by atoms with van der Waals surface area (Å²) < 4.78 is 0. The summed E-state index contributed by atoms with van der Waals surface area (Å²) in [5.74, 6) is 0. The molecular weight excluding hydrogens is 126 g/mol. The van der Waals surface area contributed by atoms with Crippen LogP contribution in [0, 0.1) is 0 Å². The molecule has 0 aromatic heterocycles.